The highest BCUT2D eigenvalue weighted by atomic mass is 16.5. The van der Waals surface area contributed by atoms with Gasteiger partial charge >= 0.3 is 0 Å². The number of nitrogens with zero attached hydrogens (tertiary/aromatic N) is 2. The molecule has 0 fully saturated rings. The van der Waals surface area contributed by atoms with E-state index >= 15 is 0 Å². The number of aromatic amines is 1. The molecule has 27 heavy (non-hydrogen) atoms. The number of allylic oxidation sites excluding steroid dienone is 1. The Labute approximate surface area is 160 Å². The molecule has 0 bridgehead atoms. The fourth-order valence-corrected chi connectivity index (χ4v) is 3.24. The van der Waals surface area contributed by atoms with Gasteiger partial charge in [-0.2, -0.15) is 5.26 Å². The number of aromatic nitrogens is 2. The maximum absolute atomic E-state index is 9.72. The van der Waals surface area contributed by atoms with Crippen molar-refractivity contribution >= 4 is 0 Å². The van der Waals surface area contributed by atoms with Crippen LogP contribution in [0.1, 0.15) is 63.3 Å². The SMILES string of the molecule is CCCCOc1ccc([C@@H]2C(C#N)=C(N)Oc3n[nH]c(C(C)(C)C)c32)cc1. The van der Waals surface area contributed by atoms with Gasteiger partial charge in [0.1, 0.15) is 17.4 Å². The fraction of sp³-hybridized carbons (Fsp3) is 0.429. The molecular formula is C21H26N4O2. The standard InChI is InChI=1S/C21H26N4O2/c1-5-6-11-26-14-9-7-13(8-10-14)16-15(12-22)19(23)27-20-17(16)18(24-25-20)21(2,3)4/h7-10,16H,5-6,11,23H2,1-4H3,(H,24,25)/t16-/m1/s1. The quantitative estimate of drug-likeness (QED) is 0.776. The summed E-state index contributed by atoms with van der Waals surface area (Å²) in [5.41, 5.74) is 8.99. The molecule has 0 aliphatic carbocycles. The topological polar surface area (TPSA) is 96.9 Å². The van der Waals surface area contributed by atoms with Crippen LogP contribution in [0.25, 0.3) is 0 Å². The molecular weight excluding hydrogens is 340 g/mol. The van der Waals surface area contributed by atoms with Crippen molar-refractivity contribution < 1.29 is 9.47 Å². The number of ether oxygens (including phenoxy) is 2. The number of benzene rings is 1. The first-order valence-electron chi connectivity index (χ1n) is 9.26. The van der Waals surface area contributed by atoms with Crippen molar-refractivity contribution in [3.8, 4) is 17.7 Å². The summed E-state index contributed by atoms with van der Waals surface area (Å²) in [5.74, 6) is 1.03. The van der Waals surface area contributed by atoms with Crippen LogP contribution in [0.15, 0.2) is 35.7 Å². The van der Waals surface area contributed by atoms with Crippen LogP contribution >= 0.6 is 0 Å². The van der Waals surface area contributed by atoms with Gasteiger partial charge in [-0.25, -0.2) is 0 Å². The van der Waals surface area contributed by atoms with Gasteiger partial charge in [-0.1, -0.05) is 46.2 Å². The Balaban J connectivity index is 2.03. The molecule has 1 aromatic heterocycles. The highest BCUT2D eigenvalue weighted by Crippen LogP contribution is 2.45. The summed E-state index contributed by atoms with van der Waals surface area (Å²) in [6.07, 6.45) is 2.11. The minimum atomic E-state index is -0.323. The highest BCUT2D eigenvalue weighted by molar-refractivity contribution is 5.56. The molecule has 1 aromatic carbocycles. The molecule has 2 heterocycles. The maximum atomic E-state index is 9.72. The maximum Gasteiger partial charge on any atom is 0.244 e. The molecule has 3 rings (SSSR count). The lowest BCUT2D eigenvalue weighted by Gasteiger charge is -2.27. The van der Waals surface area contributed by atoms with Gasteiger partial charge in [0.05, 0.1) is 18.1 Å². The van der Waals surface area contributed by atoms with E-state index in [1.807, 2.05) is 24.3 Å². The second-order valence-corrected chi connectivity index (χ2v) is 7.76. The van der Waals surface area contributed by atoms with Crippen molar-refractivity contribution in [2.75, 3.05) is 6.61 Å². The molecule has 0 spiro atoms. The predicted octanol–water partition coefficient (Wildman–Crippen LogP) is 4.10. The van der Waals surface area contributed by atoms with Gasteiger partial charge in [-0.3, -0.25) is 5.10 Å². The second-order valence-electron chi connectivity index (χ2n) is 7.76. The lowest BCUT2D eigenvalue weighted by atomic mass is 9.79. The van der Waals surface area contributed by atoms with Crippen LogP contribution in [0.2, 0.25) is 0 Å². The normalized spacial score (nSPS) is 16.5. The van der Waals surface area contributed by atoms with Gasteiger partial charge in [-0.05, 0) is 24.1 Å². The second kappa shape index (κ2) is 7.36. The van der Waals surface area contributed by atoms with Crippen molar-refractivity contribution in [2.45, 2.75) is 51.9 Å². The zero-order chi connectivity index (χ0) is 19.6. The predicted molar refractivity (Wildman–Crippen MR) is 103 cm³/mol. The van der Waals surface area contributed by atoms with Crippen LogP contribution in [0.4, 0.5) is 0 Å². The minimum Gasteiger partial charge on any atom is -0.494 e. The van der Waals surface area contributed by atoms with Crippen molar-refractivity contribution in [1.82, 2.24) is 10.2 Å². The van der Waals surface area contributed by atoms with E-state index in [1.165, 1.54) is 0 Å². The monoisotopic (exact) mass is 366 g/mol. The molecule has 1 aliphatic rings. The van der Waals surface area contributed by atoms with E-state index in [0.29, 0.717) is 18.1 Å². The third-order valence-corrected chi connectivity index (χ3v) is 4.67. The Bertz CT molecular complexity index is 882. The molecule has 6 heteroatoms. The van der Waals surface area contributed by atoms with Crippen LogP contribution in [0.3, 0.4) is 0 Å². The Morgan fingerprint density at radius 2 is 2.00 bits per heavy atom. The molecule has 6 nitrogen and oxygen atoms in total. The van der Waals surface area contributed by atoms with E-state index < -0.39 is 0 Å². The van der Waals surface area contributed by atoms with Crippen LogP contribution in [0.5, 0.6) is 11.6 Å². The molecule has 0 unspecified atom stereocenters. The summed E-state index contributed by atoms with van der Waals surface area (Å²) >= 11 is 0. The first kappa shape index (κ1) is 18.8. The van der Waals surface area contributed by atoms with Gasteiger partial charge in [0.2, 0.25) is 11.8 Å². The number of nitriles is 1. The average molecular weight is 366 g/mol. The number of nitrogens with two attached hydrogens (primary N) is 1. The smallest absolute Gasteiger partial charge is 0.244 e. The van der Waals surface area contributed by atoms with Crippen molar-refractivity contribution in [1.29, 1.82) is 5.26 Å². The van der Waals surface area contributed by atoms with Gasteiger partial charge in [0, 0.05) is 11.1 Å². The van der Waals surface area contributed by atoms with E-state index in [1.54, 1.807) is 0 Å². The zero-order valence-electron chi connectivity index (χ0n) is 16.3. The third kappa shape index (κ3) is 3.63. The molecule has 0 saturated heterocycles. The Morgan fingerprint density at radius 1 is 1.30 bits per heavy atom. The third-order valence-electron chi connectivity index (χ3n) is 4.67. The summed E-state index contributed by atoms with van der Waals surface area (Å²) in [7, 11) is 0. The van der Waals surface area contributed by atoms with Gasteiger partial charge < -0.3 is 15.2 Å². The molecule has 142 valence electrons. The minimum absolute atomic E-state index is 0.102. The number of rotatable bonds is 5. The Hall–Kier alpha value is -2.94. The first-order valence-corrected chi connectivity index (χ1v) is 9.26. The average Bonchev–Trinajstić information content (AvgIpc) is 3.05. The lowest BCUT2D eigenvalue weighted by molar-refractivity contribution is 0.309. The summed E-state index contributed by atoms with van der Waals surface area (Å²) < 4.78 is 11.4. The molecule has 1 atom stereocenters. The summed E-state index contributed by atoms with van der Waals surface area (Å²) in [6.45, 7) is 9.11. The fourth-order valence-electron chi connectivity index (χ4n) is 3.24. The highest BCUT2D eigenvalue weighted by Gasteiger charge is 2.37. The molecule has 0 saturated carbocycles. The molecule has 1 aliphatic heterocycles. The number of H-pyrrole nitrogens is 1. The Morgan fingerprint density at radius 3 is 2.59 bits per heavy atom. The summed E-state index contributed by atoms with van der Waals surface area (Å²) in [4.78, 5) is 0. The molecule has 0 amide bonds. The van der Waals surface area contributed by atoms with Gasteiger partial charge in [0.15, 0.2) is 0 Å². The van der Waals surface area contributed by atoms with E-state index in [2.05, 4.69) is 44.0 Å². The number of hydrogen-bond acceptors (Lipinski definition) is 5. The van der Waals surface area contributed by atoms with E-state index in [-0.39, 0.29) is 17.2 Å². The van der Waals surface area contributed by atoms with Crippen LogP contribution in [-0.2, 0) is 5.41 Å². The lowest BCUT2D eigenvalue weighted by Crippen LogP contribution is -2.23. The zero-order valence-corrected chi connectivity index (χ0v) is 16.3. The van der Waals surface area contributed by atoms with Crippen molar-refractivity contribution in [3.05, 3.63) is 52.5 Å². The van der Waals surface area contributed by atoms with E-state index in [4.69, 9.17) is 15.2 Å². The number of hydrogen-bond donors (Lipinski definition) is 2. The molecule has 0 radical (unpaired) electrons. The number of nitrogens with one attached hydrogen (secondary N) is 1. The van der Waals surface area contributed by atoms with Crippen molar-refractivity contribution in [2.24, 2.45) is 5.73 Å². The molecule has 2 aromatic rings. The molecule has 3 N–H and O–H groups in total. The van der Waals surface area contributed by atoms with E-state index in [0.717, 1.165) is 35.4 Å². The Kier molecular flexibility index (Phi) is 5.13. The van der Waals surface area contributed by atoms with Crippen LogP contribution in [-0.4, -0.2) is 16.8 Å². The van der Waals surface area contributed by atoms with E-state index in [9.17, 15) is 5.26 Å². The van der Waals surface area contributed by atoms with Gasteiger partial charge in [0.25, 0.3) is 0 Å². The van der Waals surface area contributed by atoms with Crippen LogP contribution < -0.4 is 15.2 Å². The van der Waals surface area contributed by atoms with Gasteiger partial charge in [-0.15, -0.1) is 5.10 Å². The number of unbranched alkanes of at least 4 members (excludes halogenated alkanes) is 1. The summed E-state index contributed by atoms with van der Waals surface area (Å²) in [5, 5.41) is 17.1. The largest absolute Gasteiger partial charge is 0.494 e. The first-order chi connectivity index (χ1) is 12.9. The van der Waals surface area contributed by atoms with Crippen LogP contribution in [0, 0.1) is 11.3 Å². The summed E-state index contributed by atoms with van der Waals surface area (Å²) in [6, 6.07) is 10.0. The van der Waals surface area contributed by atoms with Crippen molar-refractivity contribution in [3.63, 3.8) is 0 Å². The number of fused-ring (bicyclic) bond motifs is 1.